The van der Waals surface area contributed by atoms with Crippen LogP contribution in [0.25, 0.3) is 0 Å². The molecule has 0 heterocycles. The van der Waals surface area contributed by atoms with Crippen LogP contribution in [0.1, 0.15) is 45.2 Å². The van der Waals surface area contributed by atoms with Crippen LogP contribution in [0, 0.1) is 5.82 Å². The van der Waals surface area contributed by atoms with Gasteiger partial charge in [0.05, 0.1) is 12.3 Å². The molecular weight excluding hydrogens is 380 g/mol. The highest BCUT2D eigenvalue weighted by atomic mass is 35.5. The van der Waals surface area contributed by atoms with Crippen molar-refractivity contribution in [2.24, 2.45) is 5.16 Å². The Hall–Kier alpha value is -1.46. The number of halogens is 3. The lowest BCUT2D eigenvalue weighted by atomic mass is 10.0. The monoisotopic (exact) mass is 405 g/mol. The number of nitrogens with zero attached hydrogens (tertiary/aromatic N) is 1. The molecule has 7 heteroatoms. The van der Waals surface area contributed by atoms with Gasteiger partial charge in [-0.1, -0.05) is 42.2 Å². The number of hydrogen-bond donors (Lipinski definition) is 0. The van der Waals surface area contributed by atoms with Crippen LogP contribution in [0.2, 0.25) is 0 Å². The van der Waals surface area contributed by atoms with Crippen LogP contribution < -0.4 is 9.47 Å². The molecule has 0 aromatic heterocycles. The van der Waals surface area contributed by atoms with Crippen molar-refractivity contribution in [1.29, 1.82) is 0 Å². The summed E-state index contributed by atoms with van der Waals surface area (Å²) in [5.74, 6) is 0.343. The number of aryl methyl sites for hydroxylation is 1. The van der Waals surface area contributed by atoms with Crippen molar-refractivity contribution in [3.63, 3.8) is 0 Å². The van der Waals surface area contributed by atoms with Gasteiger partial charge >= 0.3 is 0 Å². The van der Waals surface area contributed by atoms with Gasteiger partial charge in [0.2, 0.25) is 0 Å². The Bertz CT molecular complexity index is 640. The molecule has 0 amide bonds. The predicted molar refractivity (Wildman–Crippen MR) is 105 cm³/mol. The van der Waals surface area contributed by atoms with Crippen LogP contribution in [0.3, 0.4) is 0 Å². The summed E-state index contributed by atoms with van der Waals surface area (Å²) in [6.45, 7) is 8.56. The maximum atomic E-state index is 14.8. The summed E-state index contributed by atoms with van der Waals surface area (Å²) in [7, 11) is 0. The van der Waals surface area contributed by atoms with Gasteiger partial charge in [-0.2, -0.15) is 0 Å². The average Bonchev–Trinajstić information content (AvgIpc) is 2.59. The average molecular weight is 406 g/mol. The topological polar surface area (TPSA) is 40.0 Å². The quantitative estimate of drug-likeness (QED) is 0.264. The second-order valence-electron chi connectivity index (χ2n) is 5.74. The summed E-state index contributed by atoms with van der Waals surface area (Å²) in [6, 6.07) is 1.67. The standard InChI is InChI=1S/C19H26Cl2FNO3/c1-5-14-12-16(24-11-8-17(20)21)18(22)15(6-2)19(14)25-9-7-10-26-23-13(3)4/h8,12H,5-7,9-11H2,1-4H3. The molecule has 0 bridgehead atoms. The van der Waals surface area contributed by atoms with Crippen molar-refractivity contribution >= 4 is 28.9 Å². The van der Waals surface area contributed by atoms with Gasteiger partial charge in [0, 0.05) is 12.0 Å². The zero-order chi connectivity index (χ0) is 19.5. The summed E-state index contributed by atoms with van der Waals surface area (Å²) in [5, 5.41) is 3.86. The van der Waals surface area contributed by atoms with E-state index in [2.05, 4.69) is 5.16 Å². The fourth-order valence-corrected chi connectivity index (χ4v) is 2.39. The van der Waals surface area contributed by atoms with Gasteiger partial charge in [-0.05, 0) is 44.4 Å². The molecule has 4 nitrogen and oxygen atoms in total. The SMILES string of the molecule is CCc1cc(OCC=C(Cl)Cl)c(F)c(CC)c1OCCCON=C(C)C. The van der Waals surface area contributed by atoms with E-state index < -0.39 is 5.82 Å². The van der Waals surface area contributed by atoms with Gasteiger partial charge in [-0.3, -0.25) is 0 Å². The predicted octanol–water partition coefficient (Wildman–Crippen LogP) is 5.83. The van der Waals surface area contributed by atoms with Gasteiger partial charge in [0.1, 0.15) is 23.5 Å². The molecular formula is C19H26Cl2FNO3. The lowest BCUT2D eigenvalue weighted by Gasteiger charge is -2.18. The molecule has 0 N–H and O–H groups in total. The molecule has 0 aliphatic carbocycles. The first-order valence-corrected chi connectivity index (χ1v) is 9.40. The van der Waals surface area contributed by atoms with Crippen LogP contribution in [0.5, 0.6) is 11.5 Å². The number of rotatable bonds is 11. The third-order valence-corrected chi connectivity index (χ3v) is 3.75. The molecule has 1 aromatic rings. The lowest BCUT2D eigenvalue weighted by Crippen LogP contribution is -2.08. The molecule has 0 saturated carbocycles. The number of ether oxygens (including phenoxy) is 2. The smallest absolute Gasteiger partial charge is 0.171 e. The van der Waals surface area contributed by atoms with E-state index in [1.165, 1.54) is 6.08 Å². The van der Waals surface area contributed by atoms with E-state index in [9.17, 15) is 4.39 Å². The highest BCUT2D eigenvalue weighted by molar-refractivity contribution is 6.55. The first kappa shape index (κ1) is 22.6. The van der Waals surface area contributed by atoms with E-state index in [1.54, 1.807) is 6.07 Å². The van der Waals surface area contributed by atoms with Crippen LogP contribution in [0.4, 0.5) is 4.39 Å². The molecule has 1 rings (SSSR count). The summed E-state index contributed by atoms with van der Waals surface area (Å²) >= 11 is 11.1. The van der Waals surface area contributed by atoms with Gasteiger partial charge in [0.15, 0.2) is 11.6 Å². The fourth-order valence-electron chi connectivity index (χ4n) is 2.26. The zero-order valence-electron chi connectivity index (χ0n) is 15.7. The van der Waals surface area contributed by atoms with Crippen LogP contribution in [0.15, 0.2) is 21.8 Å². The Labute approximate surface area is 164 Å². The minimum absolute atomic E-state index is 0.0848. The summed E-state index contributed by atoms with van der Waals surface area (Å²) in [4.78, 5) is 5.14. The Morgan fingerprint density at radius 2 is 1.88 bits per heavy atom. The van der Waals surface area contributed by atoms with E-state index in [0.29, 0.717) is 43.8 Å². The number of hydrogen-bond acceptors (Lipinski definition) is 4. The number of benzene rings is 1. The van der Waals surface area contributed by atoms with E-state index in [4.69, 9.17) is 37.5 Å². The molecule has 0 aliphatic heterocycles. The molecule has 0 atom stereocenters. The van der Waals surface area contributed by atoms with Gasteiger partial charge in [0.25, 0.3) is 0 Å². The van der Waals surface area contributed by atoms with Crippen molar-refractivity contribution < 1.29 is 18.7 Å². The number of oxime groups is 1. The molecule has 1 aromatic carbocycles. The second-order valence-corrected chi connectivity index (χ2v) is 6.75. The fraction of sp³-hybridized carbons (Fsp3) is 0.526. The third-order valence-electron chi connectivity index (χ3n) is 3.44. The largest absolute Gasteiger partial charge is 0.493 e. The second kappa shape index (κ2) is 12.0. The van der Waals surface area contributed by atoms with E-state index in [1.807, 2.05) is 27.7 Å². The molecule has 146 valence electrons. The maximum Gasteiger partial charge on any atom is 0.171 e. The highest BCUT2D eigenvalue weighted by Crippen LogP contribution is 2.34. The van der Waals surface area contributed by atoms with Crippen molar-refractivity contribution in [2.75, 3.05) is 19.8 Å². The molecule has 0 unspecified atom stereocenters. The van der Waals surface area contributed by atoms with Crippen LogP contribution in [-0.4, -0.2) is 25.5 Å². The normalized spacial score (nSPS) is 10.3. The summed E-state index contributed by atoms with van der Waals surface area (Å²) < 4.78 is 26.2. The van der Waals surface area contributed by atoms with Gasteiger partial charge < -0.3 is 14.3 Å². The van der Waals surface area contributed by atoms with Gasteiger partial charge in [-0.15, -0.1) is 0 Å². The minimum atomic E-state index is -0.416. The van der Waals surface area contributed by atoms with E-state index in [-0.39, 0.29) is 16.8 Å². The Morgan fingerprint density at radius 1 is 1.15 bits per heavy atom. The van der Waals surface area contributed by atoms with Crippen molar-refractivity contribution in [1.82, 2.24) is 0 Å². The van der Waals surface area contributed by atoms with Crippen LogP contribution >= 0.6 is 23.2 Å². The highest BCUT2D eigenvalue weighted by Gasteiger charge is 2.18. The maximum absolute atomic E-state index is 14.8. The molecule has 0 saturated heterocycles. The first-order valence-electron chi connectivity index (χ1n) is 8.64. The van der Waals surface area contributed by atoms with Gasteiger partial charge in [-0.25, -0.2) is 4.39 Å². The van der Waals surface area contributed by atoms with Crippen molar-refractivity contribution in [2.45, 2.75) is 47.0 Å². The Kier molecular flexibility index (Phi) is 10.4. The molecule has 0 fully saturated rings. The summed E-state index contributed by atoms with van der Waals surface area (Å²) in [5.41, 5.74) is 2.25. The van der Waals surface area contributed by atoms with Crippen LogP contribution in [-0.2, 0) is 17.7 Å². The lowest BCUT2D eigenvalue weighted by molar-refractivity contribution is 0.127. The Morgan fingerprint density at radius 3 is 2.46 bits per heavy atom. The van der Waals surface area contributed by atoms with E-state index >= 15 is 0 Å². The molecule has 26 heavy (non-hydrogen) atoms. The molecule has 0 aliphatic rings. The van der Waals surface area contributed by atoms with E-state index in [0.717, 1.165) is 11.3 Å². The molecule has 0 spiro atoms. The first-order chi connectivity index (χ1) is 12.4. The Balaban J connectivity index is 2.85. The zero-order valence-corrected chi connectivity index (χ0v) is 17.2. The summed E-state index contributed by atoms with van der Waals surface area (Å²) in [6.07, 6.45) is 3.31. The minimum Gasteiger partial charge on any atom is -0.493 e. The van der Waals surface area contributed by atoms with Crippen molar-refractivity contribution in [3.05, 3.63) is 33.6 Å². The van der Waals surface area contributed by atoms with Crippen molar-refractivity contribution in [3.8, 4) is 11.5 Å². The third kappa shape index (κ3) is 7.42. The molecule has 0 radical (unpaired) electrons.